The molecule has 186 valence electrons. The third-order valence-corrected chi connectivity index (χ3v) is 9.96. The second-order valence-electron chi connectivity index (χ2n) is 10.3. The first-order valence-corrected chi connectivity index (χ1v) is 13.3. The zero-order valence-corrected chi connectivity index (χ0v) is 21.4. The van der Waals surface area contributed by atoms with E-state index in [0.29, 0.717) is 18.5 Å². The van der Waals surface area contributed by atoms with Crippen LogP contribution >= 0.6 is 11.8 Å². The average molecular weight is 488 g/mol. The number of fused-ring (bicyclic) bond motifs is 1. The summed E-state index contributed by atoms with van der Waals surface area (Å²) < 4.78 is -1.08. The van der Waals surface area contributed by atoms with Crippen LogP contribution in [0.3, 0.4) is 0 Å². The normalized spacial score (nSPS) is 33.5. The van der Waals surface area contributed by atoms with E-state index in [1.54, 1.807) is 16.7 Å². The first-order chi connectivity index (χ1) is 16.2. The van der Waals surface area contributed by atoms with Gasteiger partial charge in [0.05, 0.1) is 29.2 Å². The summed E-state index contributed by atoms with van der Waals surface area (Å²) in [5.74, 6) is -1.63. The van der Waals surface area contributed by atoms with Gasteiger partial charge in [-0.2, -0.15) is 0 Å². The first kappa shape index (κ1) is 25.0. The van der Waals surface area contributed by atoms with Crippen LogP contribution in [0.25, 0.3) is 0 Å². The molecule has 0 aliphatic carbocycles. The minimum Gasteiger partial charge on any atom is -0.394 e. The van der Waals surface area contributed by atoms with Gasteiger partial charge >= 0.3 is 0 Å². The first-order valence-electron chi connectivity index (χ1n) is 12.5. The van der Waals surface area contributed by atoms with E-state index >= 15 is 0 Å². The molecule has 7 nitrogen and oxygen atoms in total. The van der Waals surface area contributed by atoms with E-state index in [4.69, 9.17) is 0 Å². The Balaban J connectivity index is 1.72. The third-order valence-electron chi connectivity index (χ3n) is 7.97. The number of amides is 3. The van der Waals surface area contributed by atoms with Gasteiger partial charge in [0.25, 0.3) is 0 Å². The molecular weight excluding hydrogens is 450 g/mol. The Labute approximate surface area is 206 Å². The summed E-state index contributed by atoms with van der Waals surface area (Å²) >= 11 is 1.66. The summed E-state index contributed by atoms with van der Waals surface area (Å²) in [6.45, 7) is 7.84. The maximum Gasteiger partial charge on any atom is 0.244 e. The molecule has 3 heterocycles. The Bertz CT molecular complexity index is 939. The molecule has 3 amide bonds. The van der Waals surface area contributed by atoms with Crippen LogP contribution < -0.4 is 10.6 Å². The lowest BCUT2D eigenvalue weighted by Gasteiger charge is -2.37. The van der Waals surface area contributed by atoms with Crippen LogP contribution in [0.4, 0.5) is 5.69 Å². The van der Waals surface area contributed by atoms with Crippen LogP contribution in [0, 0.1) is 11.8 Å². The minimum atomic E-state index is -0.692. The number of hydrogen-bond acceptors (Lipinski definition) is 5. The number of hydrogen-bond donors (Lipinski definition) is 3. The summed E-state index contributed by atoms with van der Waals surface area (Å²) in [6.07, 6.45) is 3.82. The van der Waals surface area contributed by atoms with Crippen LogP contribution in [-0.2, 0) is 14.4 Å². The fourth-order valence-corrected chi connectivity index (χ4v) is 8.78. The Hall–Kier alpha value is -2.06. The molecule has 3 aliphatic heterocycles. The molecule has 4 rings (SSSR count). The van der Waals surface area contributed by atoms with Crippen molar-refractivity contribution in [3.8, 4) is 0 Å². The van der Waals surface area contributed by atoms with Crippen LogP contribution in [-0.4, -0.2) is 62.0 Å². The number of likely N-dealkylation sites (tertiary alicyclic amines) is 1. The topological polar surface area (TPSA) is 98.7 Å². The van der Waals surface area contributed by atoms with Gasteiger partial charge in [0.15, 0.2) is 0 Å². The minimum absolute atomic E-state index is 0.00419. The van der Waals surface area contributed by atoms with Gasteiger partial charge in [-0.25, -0.2) is 0 Å². The van der Waals surface area contributed by atoms with Crippen molar-refractivity contribution < 1.29 is 19.5 Å². The highest BCUT2D eigenvalue weighted by Gasteiger charge is 2.77. The summed E-state index contributed by atoms with van der Waals surface area (Å²) in [7, 11) is 0. The van der Waals surface area contributed by atoms with Crippen molar-refractivity contribution in [2.45, 2.75) is 87.4 Å². The van der Waals surface area contributed by atoms with Crippen LogP contribution in [0.15, 0.2) is 30.3 Å². The summed E-state index contributed by atoms with van der Waals surface area (Å²) in [6, 6.07) is 8.14. The summed E-state index contributed by atoms with van der Waals surface area (Å²) in [4.78, 5) is 43.0. The van der Waals surface area contributed by atoms with E-state index in [1.807, 2.05) is 44.2 Å². The van der Waals surface area contributed by atoms with Crippen LogP contribution in [0.2, 0.25) is 0 Å². The molecule has 3 fully saturated rings. The van der Waals surface area contributed by atoms with Gasteiger partial charge < -0.3 is 20.6 Å². The van der Waals surface area contributed by atoms with E-state index in [1.165, 1.54) is 0 Å². The van der Waals surface area contributed by atoms with Crippen LogP contribution in [0.5, 0.6) is 0 Å². The van der Waals surface area contributed by atoms with Crippen molar-refractivity contribution in [2.24, 2.45) is 11.8 Å². The maximum absolute atomic E-state index is 14.0. The predicted molar refractivity (Wildman–Crippen MR) is 134 cm³/mol. The summed E-state index contributed by atoms with van der Waals surface area (Å²) in [5, 5.41) is 16.3. The number of nitrogens with one attached hydrogen (secondary N) is 2. The van der Waals surface area contributed by atoms with Gasteiger partial charge in [-0.15, -0.1) is 11.8 Å². The lowest BCUT2D eigenvalue weighted by molar-refractivity contribution is -0.142. The molecule has 0 saturated carbocycles. The standard InChI is InChI=1S/C26H37N3O4S/c1-5-10-16(3)27-23(32)21-26-14-13-25(4,34-26)19(22(31)28-17-11-8-7-9-12-17)20(26)24(33)29(21)18(6-2)15-30/h7-9,11-12,16,18-21,30H,5-6,10,13-15H2,1-4H3,(H,27,32)(H,28,31)/t16?,18-,19+,20-,21?,25-,26?/m0/s1. The van der Waals surface area contributed by atoms with Crippen molar-refractivity contribution in [1.29, 1.82) is 0 Å². The Kier molecular flexibility index (Phi) is 7.02. The van der Waals surface area contributed by atoms with Crippen molar-refractivity contribution >= 4 is 35.2 Å². The molecule has 0 aromatic heterocycles. The van der Waals surface area contributed by atoms with Crippen molar-refractivity contribution in [3.05, 3.63) is 30.3 Å². The SMILES string of the molecule is CCCC(C)NC(=O)C1N([C@@H](CC)CO)C(=O)[C@@H]2[C@H](C(=O)Nc3ccccc3)[C@]3(C)CCC12S3. The highest BCUT2D eigenvalue weighted by Crippen LogP contribution is 2.71. The van der Waals surface area contributed by atoms with Crippen molar-refractivity contribution in [2.75, 3.05) is 11.9 Å². The number of carbonyl (C=O) groups excluding carboxylic acids is 3. The third kappa shape index (κ3) is 3.92. The van der Waals surface area contributed by atoms with Gasteiger partial charge in [-0.05, 0) is 51.7 Å². The lowest BCUT2D eigenvalue weighted by atomic mass is 9.66. The monoisotopic (exact) mass is 487 g/mol. The molecule has 3 aliphatic rings. The number of rotatable bonds is 9. The molecule has 8 heteroatoms. The van der Waals surface area contributed by atoms with Crippen molar-refractivity contribution in [3.63, 3.8) is 0 Å². The second kappa shape index (κ2) is 9.53. The molecule has 2 bridgehead atoms. The number of anilines is 1. The fourth-order valence-electron chi connectivity index (χ4n) is 6.44. The second-order valence-corrected chi connectivity index (χ2v) is 12.2. The smallest absolute Gasteiger partial charge is 0.244 e. The van der Waals surface area contributed by atoms with Gasteiger partial charge in [0.1, 0.15) is 6.04 Å². The Morgan fingerprint density at radius 3 is 2.53 bits per heavy atom. The van der Waals surface area contributed by atoms with Gasteiger partial charge in [-0.3, -0.25) is 14.4 Å². The fraction of sp³-hybridized carbons (Fsp3) is 0.654. The molecule has 1 aromatic rings. The van der Waals surface area contributed by atoms with Crippen LogP contribution in [0.1, 0.15) is 59.8 Å². The molecule has 0 radical (unpaired) electrons. The molecule has 1 spiro atoms. The zero-order chi connectivity index (χ0) is 24.7. The maximum atomic E-state index is 14.0. The van der Waals surface area contributed by atoms with E-state index < -0.39 is 33.4 Å². The largest absolute Gasteiger partial charge is 0.394 e. The Morgan fingerprint density at radius 1 is 1.21 bits per heavy atom. The number of aliphatic hydroxyl groups is 1. The number of aliphatic hydroxyl groups excluding tert-OH is 1. The molecule has 3 saturated heterocycles. The van der Waals surface area contributed by atoms with E-state index in [9.17, 15) is 19.5 Å². The number of nitrogens with zero attached hydrogens (tertiary/aromatic N) is 1. The number of benzene rings is 1. The highest BCUT2D eigenvalue weighted by atomic mass is 32.2. The van der Waals surface area contributed by atoms with Crippen molar-refractivity contribution in [1.82, 2.24) is 10.2 Å². The molecule has 7 atom stereocenters. The van der Waals surface area contributed by atoms with E-state index in [-0.39, 0.29) is 30.4 Å². The Morgan fingerprint density at radius 2 is 1.91 bits per heavy atom. The highest BCUT2D eigenvalue weighted by molar-refractivity contribution is 8.02. The number of thioether (sulfide) groups is 1. The average Bonchev–Trinajstić information content (AvgIpc) is 3.36. The van der Waals surface area contributed by atoms with E-state index in [0.717, 1.165) is 19.3 Å². The van der Waals surface area contributed by atoms with Gasteiger partial charge in [0, 0.05) is 16.5 Å². The number of para-hydroxylation sites is 1. The lowest BCUT2D eigenvalue weighted by Crippen LogP contribution is -2.57. The van der Waals surface area contributed by atoms with E-state index in [2.05, 4.69) is 24.5 Å². The molecule has 3 unspecified atom stereocenters. The van der Waals surface area contributed by atoms with Gasteiger partial charge in [-0.1, -0.05) is 38.5 Å². The predicted octanol–water partition coefficient (Wildman–Crippen LogP) is 3.18. The molecular formula is C26H37N3O4S. The zero-order valence-electron chi connectivity index (χ0n) is 20.5. The summed E-state index contributed by atoms with van der Waals surface area (Å²) in [5.41, 5.74) is 0.699. The van der Waals surface area contributed by atoms with Gasteiger partial charge in [0.2, 0.25) is 17.7 Å². The quantitative estimate of drug-likeness (QED) is 0.497. The molecule has 34 heavy (non-hydrogen) atoms. The molecule has 3 N–H and O–H groups in total. The molecule has 1 aromatic carbocycles. The number of carbonyl (C=O) groups is 3.